The molecular formula is C11H13F2NO3S. The van der Waals surface area contributed by atoms with Crippen LogP contribution in [0.5, 0.6) is 0 Å². The van der Waals surface area contributed by atoms with Gasteiger partial charge in [-0.25, -0.2) is 17.2 Å². The maximum Gasteiger partial charge on any atom is 0.178 e. The average Bonchev–Trinajstić information content (AvgIpc) is 2.32. The molecule has 1 fully saturated rings. The number of ether oxygens (including phenoxy) is 1. The molecule has 0 radical (unpaired) electrons. The van der Waals surface area contributed by atoms with Gasteiger partial charge in [0.15, 0.2) is 21.5 Å². The average molecular weight is 277 g/mol. The Balaban J connectivity index is 2.43. The van der Waals surface area contributed by atoms with E-state index in [0.29, 0.717) is 19.7 Å². The quantitative estimate of drug-likeness (QED) is 0.877. The summed E-state index contributed by atoms with van der Waals surface area (Å²) in [5.74, 6) is -2.50. The summed E-state index contributed by atoms with van der Waals surface area (Å²) >= 11 is 0. The fourth-order valence-corrected chi connectivity index (χ4v) is 2.58. The second-order valence-corrected chi connectivity index (χ2v) is 6.10. The van der Waals surface area contributed by atoms with Crippen LogP contribution in [0, 0.1) is 11.6 Å². The van der Waals surface area contributed by atoms with Gasteiger partial charge in [-0.15, -0.1) is 0 Å². The SMILES string of the molecule is CS(=O)(=O)c1ccc(C2CNCCO2)c(F)c1F. The molecule has 1 aliphatic rings. The Labute approximate surface area is 104 Å². The van der Waals surface area contributed by atoms with E-state index < -0.39 is 32.5 Å². The minimum Gasteiger partial charge on any atom is -0.371 e. The molecule has 1 N–H and O–H groups in total. The van der Waals surface area contributed by atoms with Crippen molar-refractivity contribution in [3.8, 4) is 0 Å². The van der Waals surface area contributed by atoms with E-state index in [2.05, 4.69) is 5.32 Å². The van der Waals surface area contributed by atoms with Crippen LogP contribution in [0.1, 0.15) is 11.7 Å². The summed E-state index contributed by atoms with van der Waals surface area (Å²) in [7, 11) is -3.77. The Bertz CT molecular complexity index is 554. The molecule has 100 valence electrons. The lowest BCUT2D eigenvalue weighted by Crippen LogP contribution is -2.34. The molecule has 2 rings (SSSR count). The van der Waals surface area contributed by atoms with Gasteiger partial charge >= 0.3 is 0 Å². The van der Waals surface area contributed by atoms with E-state index in [4.69, 9.17) is 4.74 Å². The molecule has 1 atom stereocenters. The third-order valence-electron chi connectivity index (χ3n) is 2.75. The van der Waals surface area contributed by atoms with E-state index in [0.717, 1.165) is 12.3 Å². The Kier molecular flexibility index (Phi) is 3.65. The van der Waals surface area contributed by atoms with Crippen LogP contribution in [-0.4, -0.2) is 34.4 Å². The smallest absolute Gasteiger partial charge is 0.178 e. The van der Waals surface area contributed by atoms with Crippen LogP contribution in [0.25, 0.3) is 0 Å². The van der Waals surface area contributed by atoms with Gasteiger partial charge in [0.2, 0.25) is 0 Å². The summed E-state index contributed by atoms with van der Waals surface area (Å²) in [4.78, 5) is -0.632. The predicted octanol–water partition coefficient (Wildman–Crippen LogP) is 1.03. The highest BCUT2D eigenvalue weighted by Gasteiger charge is 2.25. The summed E-state index contributed by atoms with van der Waals surface area (Å²) in [6.07, 6.45) is 0.241. The summed E-state index contributed by atoms with van der Waals surface area (Å²) in [6.45, 7) is 1.43. The van der Waals surface area contributed by atoms with Gasteiger partial charge in [-0.2, -0.15) is 0 Å². The molecule has 1 aromatic carbocycles. The van der Waals surface area contributed by atoms with Crippen LogP contribution in [0.15, 0.2) is 17.0 Å². The summed E-state index contributed by atoms with van der Waals surface area (Å²) < 4.78 is 55.3. The maximum absolute atomic E-state index is 13.8. The Morgan fingerprint density at radius 1 is 1.33 bits per heavy atom. The standard InChI is InChI=1S/C11H13F2NO3S/c1-18(15,16)9-3-2-7(10(12)11(9)13)8-6-14-4-5-17-8/h2-3,8,14H,4-6H2,1H3. The van der Waals surface area contributed by atoms with Crippen molar-refractivity contribution in [3.63, 3.8) is 0 Å². The third kappa shape index (κ3) is 2.52. The van der Waals surface area contributed by atoms with Crippen LogP contribution in [-0.2, 0) is 14.6 Å². The van der Waals surface area contributed by atoms with Crippen LogP contribution in [0.2, 0.25) is 0 Å². The molecule has 1 unspecified atom stereocenters. The second kappa shape index (κ2) is 4.91. The molecule has 0 spiro atoms. The third-order valence-corrected chi connectivity index (χ3v) is 3.86. The van der Waals surface area contributed by atoms with Crippen LogP contribution < -0.4 is 5.32 Å². The van der Waals surface area contributed by atoms with Gasteiger partial charge in [0, 0.05) is 24.9 Å². The number of benzene rings is 1. The van der Waals surface area contributed by atoms with Crippen molar-refractivity contribution in [1.29, 1.82) is 0 Å². The zero-order valence-electron chi connectivity index (χ0n) is 9.74. The van der Waals surface area contributed by atoms with Crippen molar-refractivity contribution in [1.82, 2.24) is 5.32 Å². The van der Waals surface area contributed by atoms with Gasteiger partial charge in [-0.3, -0.25) is 0 Å². The van der Waals surface area contributed by atoms with Gasteiger partial charge in [-0.05, 0) is 6.07 Å². The van der Waals surface area contributed by atoms with E-state index in [9.17, 15) is 17.2 Å². The molecule has 1 aromatic rings. The molecule has 0 bridgehead atoms. The van der Waals surface area contributed by atoms with Gasteiger partial charge < -0.3 is 10.1 Å². The van der Waals surface area contributed by atoms with E-state index in [1.54, 1.807) is 0 Å². The lowest BCUT2D eigenvalue weighted by Gasteiger charge is -2.24. The molecule has 1 saturated heterocycles. The largest absolute Gasteiger partial charge is 0.371 e. The molecule has 0 amide bonds. The summed E-state index contributed by atoms with van der Waals surface area (Å²) in [5, 5.41) is 2.99. The normalized spacial score (nSPS) is 20.9. The topological polar surface area (TPSA) is 55.4 Å². The van der Waals surface area contributed by atoms with E-state index in [1.165, 1.54) is 6.07 Å². The van der Waals surface area contributed by atoms with Gasteiger partial charge in [0.05, 0.1) is 12.7 Å². The van der Waals surface area contributed by atoms with Crippen LogP contribution in [0.4, 0.5) is 8.78 Å². The monoisotopic (exact) mass is 277 g/mol. The second-order valence-electron chi connectivity index (χ2n) is 4.12. The number of morpholine rings is 1. The van der Waals surface area contributed by atoms with Gasteiger partial charge in [0.25, 0.3) is 0 Å². The van der Waals surface area contributed by atoms with Crippen molar-refractivity contribution in [2.75, 3.05) is 26.0 Å². The molecule has 7 heteroatoms. The van der Waals surface area contributed by atoms with E-state index in [-0.39, 0.29) is 5.56 Å². The zero-order chi connectivity index (χ0) is 13.3. The molecule has 1 heterocycles. The number of hydrogen-bond acceptors (Lipinski definition) is 4. The van der Waals surface area contributed by atoms with Crippen LogP contribution in [0.3, 0.4) is 0 Å². The number of rotatable bonds is 2. The Morgan fingerprint density at radius 3 is 2.61 bits per heavy atom. The van der Waals surface area contributed by atoms with Gasteiger partial charge in [0.1, 0.15) is 4.90 Å². The molecule has 0 aromatic heterocycles. The molecule has 1 aliphatic heterocycles. The Morgan fingerprint density at radius 2 is 2.06 bits per heavy atom. The molecular weight excluding hydrogens is 264 g/mol. The number of sulfone groups is 1. The highest BCUT2D eigenvalue weighted by atomic mass is 32.2. The van der Waals surface area contributed by atoms with Crippen LogP contribution >= 0.6 is 0 Å². The Hall–Kier alpha value is -1.05. The fraction of sp³-hybridized carbons (Fsp3) is 0.455. The first-order valence-corrected chi connectivity index (χ1v) is 7.30. The zero-order valence-corrected chi connectivity index (χ0v) is 10.6. The molecule has 0 saturated carbocycles. The lowest BCUT2D eigenvalue weighted by molar-refractivity contribution is 0.0250. The first-order valence-electron chi connectivity index (χ1n) is 5.41. The van der Waals surface area contributed by atoms with Crippen molar-refractivity contribution >= 4 is 9.84 Å². The van der Waals surface area contributed by atoms with Crippen molar-refractivity contribution < 1.29 is 21.9 Å². The minimum absolute atomic E-state index is 0.0344. The first-order chi connectivity index (χ1) is 8.41. The van der Waals surface area contributed by atoms with Gasteiger partial charge in [-0.1, -0.05) is 6.07 Å². The highest BCUT2D eigenvalue weighted by molar-refractivity contribution is 7.90. The highest BCUT2D eigenvalue weighted by Crippen LogP contribution is 2.27. The van der Waals surface area contributed by atoms with Crippen molar-refractivity contribution in [3.05, 3.63) is 29.3 Å². The molecule has 18 heavy (non-hydrogen) atoms. The first kappa shape index (κ1) is 13.4. The minimum atomic E-state index is -3.77. The lowest BCUT2D eigenvalue weighted by atomic mass is 10.1. The number of halogens is 2. The van der Waals surface area contributed by atoms with E-state index in [1.807, 2.05) is 0 Å². The maximum atomic E-state index is 13.8. The van der Waals surface area contributed by atoms with Crippen molar-refractivity contribution in [2.45, 2.75) is 11.0 Å². The number of hydrogen-bond donors (Lipinski definition) is 1. The molecule has 4 nitrogen and oxygen atoms in total. The predicted molar refractivity (Wildman–Crippen MR) is 61.0 cm³/mol. The fourth-order valence-electron chi connectivity index (χ4n) is 1.85. The molecule has 0 aliphatic carbocycles. The summed E-state index contributed by atoms with van der Waals surface area (Å²) in [6, 6.07) is 2.33. The number of nitrogens with one attached hydrogen (secondary N) is 1. The summed E-state index contributed by atoms with van der Waals surface area (Å²) in [5.41, 5.74) is 0.0344. The van der Waals surface area contributed by atoms with Crippen molar-refractivity contribution in [2.24, 2.45) is 0 Å². The van der Waals surface area contributed by atoms with E-state index >= 15 is 0 Å².